The molecule has 0 bridgehead atoms. The lowest BCUT2D eigenvalue weighted by molar-refractivity contribution is -0.121. The molecule has 3 heterocycles. The molecule has 8 heteroatoms. The van der Waals surface area contributed by atoms with Gasteiger partial charge in [0, 0.05) is 24.6 Å². The number of carbonyl (C=O) groups excluding carboxylic acids is 1. The van der Waals surface area contributed by atoms with E-state index in [1.54, 1.807) is 13.1 Å². The molecular formula is C19H20BN5O2. The van der Waals surface area contributed by atoms with Gasteiger partial charge < -0.3 is 14.6 Å². The van der Waals surface area contributed by atoms with E-state index >= 15 is 0 Å². The number of hydrogen-bond acceptors (Lipinski definition) is 6. The SMILES string of the molecule is [B]c1c(NC(=O)C2CCN(C)CC2)ncc2ccc(-c3nnc(C)o3)cc12. The number of aryl methyl sites for hydroxylation is 1. The predicted molar refractivity (Wildman–Crippen MR) is 104 cm³/mol. The number of pyridine rings is 1. The van der Waals surface area contributed by atoms with Crippen molar-refractivity contribution in [1.82, 2.24) is 20.1 Å². The lowest BCUT2D eigenvalue weighted by Crippen LogP contribution is -2.36. The molecule has 0 spiro atoms. The molecule has 27 heavy (non-hydrogen) atoms. The minimum Gasteiger partial charge on any atom is -0.421 e. The van der Waals surface area contributed by atoms with Gasteiger partial charge in [-0.25, -0.2) is 4.98 Å². The van der Waals surface area contributed by atoms with Gasteiger partial charge in [-0.05, 0) is 61.3 Å². The number of nitrogens with zero attached hydrogens (tertiary/aromatic N) is 4. The number of rotatable bonds is 3. The molecule has 3 aromatic rings. The van der Waals surface area contributed by atoms with E-state index in [0.717, 1.165) is 42.3 Å². The van der Waals surface area contributed by atoms with Crippen LogP contribution in [-0.2, 0) is 4.79 Å². The molecule has 1 N–H and O–H groups in total. The van der Waals surface area contributed by atoms with Gasteiger partial charge >= 0.3 is 0 Å². The zero-order chi connectivity index (χ0) is 19.0. The van der Waals surface area contributed by atoms with Crippen LogP contribution in [0.15, 0.2) is 28.8 Å². The standard InChI is InChI=1S/C19H20BN5O2/c1-11-23-24-19(27-11)13-3-4-14-10-21-17(16(20)15(14)9-13)22-18(26)12-5-7-25(2)8-6-12/h3-4,9-10,12H,5-8H2,1-2H3,(H,21,22,26). The number of piperidine rings is 1. The highest BCUT2D eigenvalue weighted by Gasteiger charge is 2.24. The lowest BCUT2D eigenvalue weighted by Gasteiger charge is -2.28. The number of likely N-dealkylation sites (tertiary alicyclic amines) is 1. The van der Waals surface area contributed by atoms with Gasteiger partial charge in [-0.3, -0.25) is 4.79 Å². The monoisotopic (exact) mass is 361 g/mol. The third-order valence-corrected chi connectivity index (χ3v) is 5.04. The second-order valence-electron chi connectivity index (χ2n) is 7.02. The van der Waals surface area contributed by atoms with Gasteiger partial charge in [0.2, 0.25) is 17.7 Å². The molecular weight excluding hydrogens is 341 g/mol. The zero-order valence-corrected chi connectivity index (χ0v) is 15.4. The second kappa shape index (κ2) is 7.11. The maximum absolute atomic E-state index is 12.6. The van der Waals surface area contributed by atoms with Gasteiger partial charge in [0.05, 0.1) is 0 Å². The molecule has 1 aromatic carbocycles. The summed E-state index contributed by atoms with van der Waals surface area (Å²) in [7, 11) is 8.39. The highest BCUT2D eigenvalue weighted by molar-refractivity contribution is 6.42. The topological polar surface area (TPSA) is 84.2 Å². The van der Waals surface area contributed by atoms with Crippen molar-refractivity contribution >= 4 is 35.8 Å². The van der Waals surface area contributed by atoms with E-state index in [1.807, 2.05) is 18.2 Å². The molecule has 2 radical (unpaired) electrons. The van der Waals surface area contributed by atoms with Crippen molar-refractivity contribution in [3.05, 3.63) is 30.3 Å². The van der Waals surface area contributed by atoms with Crippen LogP contribution in [0, 0.1) is 12.8 Å². The van der Waals surface area contributed by atoms with E-state index in [9.17, 15) is 4.79 Å². The number of carbonyl (C=O) groups is 1. The molecule has 2 aromatic heterocycles. The smallest absolute Gasteiger partial charge is 0.247 e. The molecule has 1 saturated heterocycles. The van der Waals surface area contributed by atoms with Crippen molar-refractivity contribution in [1.29, 1.82) is 0 Å². The van der Waals surface area contributed by atoms with Crippen molar-refractivity contribution in [2.45, 2.75) is 19.8 Å². The maximum atomic E-state index is 12.6. The Labute approximate surface area is 158 Å². The van der Waals surface area contributed by atoms with Crippen LogP contribution in [0.1, 0.15) is 18.7 Å². The van der Waals surface area contributed by atoms with Crippen molar-refractivity contribution in [2.75, 3.05) is 25.5 Å². The number of hydrogen-bond donors (Lipinski definition) is 1. The summed E-state index contributed by atoms with van der Waals surface area (Å²) in [5, 5.41) is 12.5. The summed E-state index contributed by atoms with van der Waals surface area (Å²) in [5.41, 5.74) is 1.21. The first-order valence-electron chi connectivity index (χ1n) is 8.99. The van der Waals surface area contributed by atoms with E-state index in [-0.39, 0.29) is 11.8 Å². The Morgan fingerprint density at radius 1 is 1.30 bits per heavy atom. The summed E-state index contributed by atoms with van der Waals surface area (Å²) < 4.78 is 5.49. The number of nitrogens with one attached hydrogen (secondary N) is 1. The first-order chi connectivity index (χ1) is 13.0. The molecule has 0 aliphatic carbocycles. The number of fused-ring (bicyclic) bond motifs is 1. The van der Waals surface area contributed by atoms with Crippen LogP contribution in [0.25, 0.3) is 22.2 Å². The van der Waals surface area contributed by atoms with Crippen molar-refractivity contribution in [3.63, 3.8) is 0 Å². The summed E-state index contributed by atoms with van der Waals surface area (Å²) in [6.45, 7) is 3.59. The van der Waals surface area contributed by atoms with Gasteiger partial charge in [0.15, 0.2) is 0 Å². The third kappa shape index (κ3) is 3.57. The van der Waals surface area contributed by atoms with Crippen molar-refractivity contribution < 1.29 is 9.21 Å². The lowest BCUT2D eigenvalue weighted by atomic mass is 9.89. The minimum absolute atomic E-state index is 0.00852. The highest BCUT2D eigenvalue weighted by Crippen LogP contribution is 2.24. The van der Waals surface area contributed by atoms with E-state index in [4.69, 9.17) is 12.3 Å². The number of aromatic nitrogens is 3. The molecule has 4 rings (SSSR count). The average molecular weight is 361 g/mol. The van der Waals surface area contributed by atoms with Gasteiger partial charge in [-0.1, -0.05) is 6.07 Å². The zero-order valence-electron chi connectivity index (χ0n) is 15.4. The Balaban J connectivity index is 1.61. The van der Waals surface area contributed by atoms with Crippen LogP contribution in [0.2, 0.25) is 0 Å². The maximum Gasteiger partial charge on any atom is 0.247 e. The Bertz CT molecular complexity index is 995. The normalized spacial score (nSPS) is 15.9. The van der Waals surface area contributed by atoms with E-state index in [0.29, 0.717) is 23.1 Å². The fourth-order valence-corrected chi connectivity index (χ4v) is 3.37. The molecule has 1 aliphatic rings. The summed E-state index contributed by atoms with van der Waals surface area (Å²) in [5.74, 6) is 1.29. The van der Waals surface area contributed by atoms with E-state index < -0.39 is 0 Å². The summed E-state index contributed by atoms with van der Waals surface area (Å²) in [4.78, 5) is 19.2. The number of benzene rings is 1. The van der Waals surface area contributed by atoms with Gasteiger partial charge in [0.25, 0.3) is 0 Å². The van der Waals surface area contributed by atoms with Gasteiger partial charge in [-0.15, -0.1) is 10.2 Å². The Kier molecular flexibility index (Phi) is 4.65. The Morgan fingerprint density at radius 2 is 2.07 bits per heavy atom. The third-order valence-electron chi connectivity index (χ3n) is 5.04. The molecule has 136 valence electrons. The Hall–Kier alpha value is -2.74. The van der Waals surface area contributed by atoms with Crippen LogP contribution in [-0.4, -0.2) is 54.0 Å². The minimum atomic E-state index is -0.0228. The summed E-state index contributed by atoms with van der Waals surface area (Å²) in [6.07, 6.45) is 3.39. The van der Waals surface area contributed by atoms with Gasteiger partial charge in [0.1, 0.15) is 13.7 Å². The largest absolute Gasteiger partial charge is 0.421 e. The van der Waals surface area contributed by atoms with Crippen LogP contribution in [0.3, 0.4) is 0 Å². The molecule has 0 unspecified atom stereocenters. The van der Waals surface area contributed by atoms with Crippen LogP contribution >= 0.6 is 0 Å². The van der Waals surface area contributed by atoms with Crippen LogP contribution < -0.4 is 10.8 Å². The highest BCUT2D eigenvalue weighted by atomic mass is 16.4. The second-order valence-corrected chi connectivity index (χ2v) is 7.02. The molecule has 0 atom stereocenters. The van der Waals surface area contributed by atoms with E-state index in [2.05, 4.69) is 32.4 Å². The number of anilines is 1. The van der Waals surface area contributed by atoms with Gasteiger partial charge in [-0.2, -0.15) is 0 Å². The molecule has 7 nitrogen and oxygen atoms in total. The fourth-order valence-electron chi connectivity index (χ4n) is 3.37. The number of amides is 1. The molecule has 1 aliphatic heterocycles. The fraction of sp³-hybridized carbons (Fsp3) is 0.368. The molecule has 1 fully saturated rings. The van der Waals surface area contributed by atoms with Crippen LogP contribution in [0.5, 0.6) is 0 Å². The predicted octanol–water partition coefficient (Wildman–Crippen LogP) is 1.67. The van der Waals surface area contributed by atoms with E-state index in [1.165, 1.54) is 0 Å². The first-order valence-corrected chi connectivity index (χ1v) is 8.99. The average Bonchev–Trinajstić information content (AvgIpc) is 3.11. The van der Waals surface area contributed by atoms with Crippen LogP contribution in [0.4, 0.5) is 5.82 Å². The Morgan fingerprint density at radius 3 is 2.78 bits per heavy atom. The van der Waals surface area contributed by atoms with Crippen molar-refractivity contribution in [3.8, 4) is 11.5 Å². The summed E-state index contributed by atoms with van der Waals surface area (Å²) >= 11 is 0. The van der Waals surface area contributed by atoms with Crippen molar-refractivity contribution in [2.24, 2.45) is 5.92 Å². The first kappa shape index (κ1) is 17.7. The quantitative estimate of drug-likeness (QED) is 0.715. The molecule has 0 saturated carbocycles. The summed E-state index contributed by atoms with van der Waals surface area (Å²) in [6, 6.07) is 5.66. The molecule has 1 amide bonds.